The molecule has 0 aliphatic rings. The highest BCUT2D eigenvalue weighted by Crippen LogP contribution is 2.44. The molecule has 8 nitrogen and oxygen atoms in total. The molecule has 47 heavy (non-hydrogen) atoms. The van der Waals surface area contributed by atoms with Crippen LogP contribution in [0.25, 0.3) is 21.5 Å². The van der Waals surface area contributed by atoms with Gasteiger partial charge in [0.15, 0.2) is 12.2 Å². The predicted octanol–water partition coefficient (Wildman–Crippen LogP) is 9.35. The van der Waals surface area contributed by atoms with Crippen molar-refractivity contribution in [2.24, 2.45) is 0 Å². The zero-order chi connectivity index (χ0) is 33.9. The molecule has 0 fully saturated rings. The molecular weight excluding hydrogens is 664 g/mol. The molecule has 2 unspecified atom stereocenters. The lowest BCUT2D eigenvalue weighted by Crippen LogP contribution is -2.30. The number of carbonyl (C=O) groups excluding carboxylic acids is 2. The average Bonchev–Trinajstić information content (AvgIpc) is 3.07. The summed E-state index contributed by atoms with van der Waals surface area (Å²) in [6.45, 7) is 10.3. The van der Waals surface area contributed by atoms with Gasteiger partial charge in [-0.15, -0.1) is 0 Å². The molecule has 0 bridgehead atoms. The molecule has 0 aromatic heterocycles. The normalized spacial score (nSPS) is 12.6. The molecule has 0 N–H and O–H groups in total. The highest BCUT2D eigenvalue weighted by molar-refractivity contribution is 9.10. The summed E-state index contributed by atoms with van der Waals surface area (Å²) in [6.07, 6.45) is 6.93. The lowest BCUT2D eigenvalue weighted by atomic mass is 10.0. The molecule has 0 aliphatic heterocycles. The summed E-state index contributed by atoms with van der Waals surface area (Å²) in [5.74, 6) is 0.844. The second-order valence-electron chi connectivity index (χ2n) is 11.8. The van der Waals surface area contributed by atoms with Crippen molar-refractivity contribution in [3.63, 3.8) is 0 Å². The summed E-state index contributed by atoms with van der Waals surface area (Å²) in [6, 6.07) is 13.9. The van der Waals surface area contributed by atoms with E-state index in [0.717, 1.165) is 77.4 Å². The highest BCUT2D eigenvalue weighted by atomic mass is 79.9. The minimum atomic E-state index is -0.552. The maximum absolute atomic E-state index is 12.6. The maximum atomic E-state index is 12.6. The number of rotatable bonds is 24. The van der Waals surface area contributed by atoms with Gasteiger partial charge in [-0.05, 0) is 43.9 Å². The Hall–Kier alpha value is -2.88. The number of halogens is 1. The number of hydrogen-bond donors (Lipinski definition) is 0. The van der Waals surface area contributed by atoms with Gasteiger partial charge in [0, 0.05) is 52.1 Å². The van der Waals surface area contributed by atoms with E-state index < -0.39 is 12.2 Å². The number of carbonyl (C=O) groups is 2. The summed E-state index contributed by atoms with van der Waals surface area (Å²) in [4.78, 5) is 25.1. The van der Waals surface area contributed by atoms with Crippen LogP contribution in [0, 0.1) is 0 Å². The Morgan fingerprint density at radius 1 is 0.596 bits per heavy atom. The molecule has 9 heteroatoms. The molecule has 0 heterocycles. The van der Waals surface area contributed by atoms with Gasteiger partial charge >= 0.3 is 11.9 Å². The fourth-order valence-electron chi connectivity index (χ4n) is 5.02. The van der Waals surface area contributed by atoms with Crippen LogP contribution in [0.1, 0.15) is 91.9 Å². The second kappa shape index (κ2) is 21.9. The van der Waals surface area contributed by atoms with E-state index in [0.29, 0.717) is 37.6 Å². The Bertz CT molecular complexity index is 1380. The predicted molar refractivity (Wildman–Crippen MR) is 190 cm³/mol. The molecule has 3 aromatic rings. The van der Waals surface area contributed by atoms with Crippen molar-refractivity contribution >= 4 is 49.4 Å². The molecule has 0 amide bonds. The fraction of sp³-hybridized carbons (Fsp3) is 0.579. The molecular formula is C38H53BrO8. The van der Waals surface area contributed by atoms with E-state index in [2.05, 4.69) is 29.8 Å². The van der Waals surface area contributed by atoms with Crippen molar-refractivity contribution in [1.29, 1.82) is 0 Å². The Morgan fingerprint density at radius 3 is 1.51 bits per heavy atom. The number of hydrogen-bond acceptors (Lipinski definition) is 8. The van der Waals surface area contributed by atoms with Crippen LogP contribution in [-0.4, -0.2) is 63.8 Å². The van der Waals surface area contributed by atoms with Gasteiger partial charge in [-0.25, -0.2) is 0 Å². The third-order valence-electron chi connectivity index (χ3n) is 7.67. The van der Waals surface area contributed by atoms with Crippen LogP contribution in [0.4, 0.5) is 0 Å². The number of ether oxygens (including phenoxy) is 6. The summed E-state index contributed by atoms with van der Waals surface area (Å²) in [5.41, 5.74) is 0. The number of esters is 2. The third-order valence-corrected chi connectivity index (χ3v) is 8.16. The Labute approximate surface area is 288 Å². The Balaban J connectivity index is 1.92. The first-order valence-electron chi connectivity index (χ1n) is 17.4. The van der Waals surface area contributed by atoms with Crippen LogP contribution in [-0.2, 0) is 28.5 Å². The molecule has 3 rings (SSSR count). The van der Waals surface area contributed by atoms with E-state index in [9.17, 15) is 9.59 Å². The molecule has 260 valence electrons. The van der Waals surface area contributed by atoms with Crippen LogP contribution in [0.15, 0.2) is 46.9 Å². The Morgan fingerprint density at radius 2 is 1.04 bits per heavy atom. The second-order valence-corrected chi connectivity index (χ2v) is 12.7. The van der Waals surface area contributed by atoms with Crippen molar-refractivity contribution in [3.8, 4) is 11.5 Å². The quantitative estimate of drug-likeness (QED) is 0.0515. The van der Waals surface area contributed by atoms with Gasteiger partial charge in [0.25, 0.3) is 0 Å². The summed E-state index contributed by atoms with van der Waals surface area (Å²) < 4.78 is 37.3. The monoisotopic (exact) mass is 716 g/mol. The molecule has 0 spiro atoms. The molecule has 0 saturated carbocycles. The van der Waals surface area contributed by atoms with Gasteiger partial charge in [0.2, 0.25) is 0 Å². The van der Waals surface area contributed by atoms with Crippen molar-refractivity contribution in [2.45, 2.75) is 104 Å². The van der Waals surface area contributed by atoms with Crippen molar-refractivity contribution in [1.82, 2.24) is 0 Å². The van der Waals surface area contributed by atoms with Crippen LogP contribution < -0.4 is 9.47 Å². The van der Waals surface area contributed by atoms with E-state index in [1.54, 1.807) is 0 Å². The first kappa shape index (κ1) is 38.6. The number of benzene rings is 3. The summed E-state index contributed by atoms with van der Waals surface area (Å²) in [5, 5.41) is 3.40. The average molecular weight is 718 g/mol. The molecule has 0 aliphatic carbocycles. The minimum absolute atomic E-state index is 0.140. The van der Waals surface area contributed by atoms with Crippen LogP contribution in [0.3, 0.4) is 0 Å². The van der Waals surface area contributed by atoms with E-state index >= 15 is 0 Å². The van der Waals surface area contributed by atoms with Gasteiger partial charge in [0.05, 0.1) is 13.2 Å². The zero-order valence-electron chi connectivity index (χ0n) is 28.7. The van der Waals surface area contributed by atoms with Crippen LogP contribution >= 0.6 is 15.9 Å². The number of fused-ring (bicyclic) bond motifs is 2. The standard InChI is InChI=1S/C38H53BrO8/c1-5-9-17-35(40)46-29(24-42-21-11-7-3)26-44-37-31-15-13-14-16-32(31)38(34-23-28(39)19-20-33(34)37)45-27-30(25-43-22-12-8-4)47-36(41)18-10-6-2/h13-16,19-20,23,29-30H,5-12,17-18,21-22,24-27H2,1-4H3. The van der Waals surface area contributed by atoms with Crippen molar-refractivity contribution in [2.75, 3.05) is 39.6 Å². The molecule has 0 radical (unpaired) electrons. The van der Waals surface area contributed by atoms with E-state index in [1.165, 1.54) is 0 Å². The van der Waals surface area contributed by atoms with Crippen molar-refractivity contribution < 1.29 is 38.0 Å². The largest absolute Gasteiger partial charge is 0.488 e. The Kier molecular flexibility index (Phi) is 18.0. The van der Waals surface area contributed by atoms with Gasteiger partial charge in [-0.3, -0.25) is 9.59 Å². The van der Waals surface area contributed by atoms with Gasteiger partial charge in [0.1, 0.15) is 24.7 Å². The first-order valence-corrected chi connectivity index (χ1v) is 18.1. The van der Waals surface area contributed by atoms with Gasteiger partial charge < -0.3 is 28.4 Å². The topological polar surface area (TPSA) is 89.5 Å². The zero-order valence-corrected chi connectivity index (χ0v) is 30.2. The van der Waals surface area contributed by atoms with Crippen molar-refractivity contribution in [3.05, 3.63) is 46.9 Å². The fourth-order valence-corrected chi connectivity index (χ4v) is 5.38. The highest BCUT2D eigenvalue weighted by Gasteiger charge is 2.22. The summed E-state index contributed by atoms with van der Waals surface area (Å²) >= 11 is 3.63. The van der Waals surface area contributed by atoms with Gasteiger partial charge in [-0.2, -0.15) is 0 Å². The first-order chi connectivity index (χ1) is 22.9. The third kappa shape index (κ3) is 12.9. The van der Waals surface area contributed by atoms with E-state index in [-0.39, 0.29) is 38.4 Å². The molecule has 2 atom stereocenters. The number of unbranched alkanes of at least 4 members (excludes halogenated alkanes) is 4. The SMILES string of the molecule is CCCCOCC(COc1c2ccccc2c(OCC(COCCCC)OC(=O)CCCC)c2cc(Br)ccc12)OC(=O)CCCC. The van der Waals surface area contributed by atoms with E-state index in [1.807, 2.05) is 56.3 Å². The lowest BCUT2D eigenvalue weighted by molar-refractivity contribution is -0.155. The lowest BCUT2D eigenvalue weighted by Gasteiger charge is -2.23. The summed E-state index contributed by atoms with van der Waals surface area (Å²) in [7, 11) is 0. The minimum Gasteiger partial charge on any atom is -0.488 e. The van der Waals surface area contributed by atoms with Crippen LogP contribution in [0.2, 0.25) is 0 Å². The molecule has 3 aromatic carbocycles. The smallest absolute Gasteiger partial charge is 0.306 e. The van der Waals surface area contributed by atoms with E-state index in [4.69, 9.17) is 28.4 Å². The van der Waals surface area contributed by atoms with Gasteiger partial charge in [-0.1, -0.05) is 93.6 Å². The maximum Gasteiger partial charge on any atom is 0.306 e. The molecule has 0 saturated heterocycles. The van der Waals surface area contributed by atoms with Crippen LogP contribution in [0.5, 0.6) is 11.5 Å².